The Kier molecular flexibility index (Phi) is 5.34. The number of aryl methyl sites for hydroxylation is 1. The topological polar surface area (TPSA) is 66.5 Å². The Morgan fingerprint density at radius 1 is 1.09 bits per heavy atom. The van der Waals surface area contributed by atoms with E-state index in [1.54, 1.807) is 0 Å². The zero-order valence-corrected chi connectivity index (χ0v) is 19.8. The van der Waals surface area contributed by atoms with Gasteiger partial charge in [0.1, 0.15) is 0 Å². The average molecular weight is 434 g/mol. The smallest absolute Gasteiger partial charge is 0.159 e. The van der Waals surface area contributed by atoms with Crippen LogP contribution in [-0.4, -0.2) is 64.5 Å². The Bertz CT molecular complexity index is 1110. The Labute approximate surface area is 190 Å². The molecule has 170 valence electrons. The Morgan fingerprint density at radius 3 is 2.62 bits per heavy atom. The van der Waals surface area contributed by atoms with Gasteiger partial charge in [0.15, 0.2) is 5.65 Å². The highest BCUT2D eigenvalue weighted by molar-refractivity contribution is 5.89. The van der Waals surface area contributed by atoms with Crippen LogP contribution in [0, 0.1) is 0 Å². The highest BCUT2D eigenvalue weighted by Gasteiger charge is 2.26. The Morgan fingerprint density at radius 2 is 1.88 bits per heavy atom. The molecule has 0 bridgehead atoms. The number of pyridine rings is 1. The fourth-order valence-corrected chi connectivity index (χ4v) is 5.31. The first-order valence-electron chi connectivity index (χ1n) is 11.7. The molecule has 1 fully saturated rings. The van der Waals surface area contributed by atoms with Crippen molar-refractivity contribution < 1.29 is 0 Å². The number of nitrogens with zero attached hydrogens (tertiary/aromatic N) is 6. The van der Waals surface area contributed by atoms with Crippen molar-refractivity contribution in [2.24, 2.45) is 12.8 Å². The molecular formula is C25H35N7. The van der Waals surface area contributed by atoms with Gasteiger partial charge in [0.05, 0.1) is 17.3 Å². The van der Waals surface area contributed by atoms with Crippen LogP contribution in [0.15, 0.2) is 36.7 Å². The van der Waals surface area contributed by atoms with Gasteiger partial charge in [0, 0.05) is 70.3 Å². The lowest BCUT2D eigenvalue weighted by Crippen LogP contribution is -2.53. The lowest BCUT2D eigenvalue weighted by atomic mass is 9.90. The average Bonchev–Trinajstić information content (AvgIpc) is 3.14. The van der Waals surface area contributed by atoms with Gasteiger partial charge in [-0.2, -0.15) is 5.10 Å². The summed E-state index contributed by atoms with van der Waals surface area (Å²) in [4.78, 5) is 12.0. The van der Waals surface area contributed by atoms with Gasteiger partial charge in [-0.05, 0) is 49.1 Å². The molecule has 2 N–H and O–H groups in total. The van der Waals surface area contributed by atoms with E-state index in [1.165, 1.54) is 22.5 Å². The van der Waals surface area contributed by atoms with E-state index in [0.29, 0.717) is 5.92 Å². The number of hydrogen-bond acceptors (Lipinski definition) is 6. The van der Waals surface area contributed by atoms with Gasteiger partial charge in [-0.3, -0.25) is 9.58 Å². The maximum Gasteiger partial charge on any atom is 0.159 e. The molecule has 2 aliphatic rings. The van der Waals surface area contributed by atoms with Crippen molar-refractivity contribution in [2.75, 3.05) is 49.1 Å². The molecule has 0 saturated carbocycles. The number of anilines is 2. The van der Waals surface area contributed by atoms with Gasteiger partial charge in [-0.15, -0.1) is 0 Å². The van der Waals surface area contributed by atoms with E-state index in [4.69, 9.17) is 5.73 Å². The zero-order chi connectivity index (χ0) is 22.5. The molecule has 2 aromatic heterocycles. The number of rotatable bonds is 4. The maximum atomic E-state index is 6.22. The maximum absolute atomic E-state index is 6.22. The molecule has 4 heterocycles. The summed E-state index contributed by atoms with van der Waals surface area (Å²) >= 11 is 0. The molecule has 0 unspecified atom stereocenters. The fraction of sp³-hybridized carbons (Fsp3) is 0.520. The second-order valence-electron chi connectivity index (χ2n) is 10.3. The number of nitrogens with two attached hydrogens (primary N) is 1. The van der Waals surface area contributed by atoms with E-state index in [9.17, 15) is 0 Å². The molecule has 1 aromatic carbocycles. The highest BCUT2D eigenvalue weighted by Crippen LogP contribution is 2.36. The lowest BCUT2D eigenvalue weighted by Gasteiger charge is -2.40. The minimum Gasteiger partial charge on any atom is -0.369 e. The molecule has 0 aliphatic carbocycles. The van der Waals surface area contributed by atoms with Crippen molar-refractivity contribution in [1.82, 2.24) is 19.7 Å². The summed E-state index contributed by atoms with van der Waals surface area (Å²) < 4.78 is 1.85. The summed E-state index contributed by atoms with van der Waals surface area (Å²) in [5.41, 5.74) is 12.5. The van der Waals surface area contributed by atoms with E-state index in [2.05, 4.69) is 69.8 Å². The van der Waals surface area contributed by atoms with Crippen LogP contribution >= 0.6 is 0 Å². The van der Waals surface area contributed by atoms with E-state index in [-0.39, 0.29) is 5.54 Å². The summed E-state index contributed by atoms with van der Waals surface area (Å²) in [6.45, 7) is 13.7. The molecule has 1 saturated heterocycles. The first-order valence-corrected chi connectivity index (χ1v) is 11.7. The molecular weight excluding hydrogens is 398 g/mol. The minimum atomic E-state index is -0.133. The van der Waals surface area contributed by atoms with Gasteiger partial charge >= 0.3 is 0 Å². The third-order valence-corrected chi connectivity index (χ3v) is 6.84. The molecule has 1 atom stereocenters. The monoisotopic (exact) mass is 433 g/mol. The second kappa shape index (κ2) is 8.05. The van der Waals surface area contributed by atoms with Crippen LogP contribution in [0.5, 0.6) is 0 Å². The number of benzene rings is 1. The summed E-state index contributed by atoms with van der Waals surface area (Å²) in [7, 11) is 1.95. The molecule has 3 aromatic rings. The van der Waals surface area contributed by atoms with Gasteiger partial charge in [-0.1, -0.05) is 13.0 Å². The third kappa shape index (κ3) is 4.07. The highest BCUT2D eigenvalue weighted by atomic mass is 15.3. The third-order valence-electron chi connectivity index (χ3n) is 6.84. The van der Waals surface area contributed by atoms with Crippen LogP contribution in [-0.2, 0) is 13.6 Å². The first-order chi connectivity index (χ1) is 15.3. The van der Waals surface area contributed by atoms with Crippen LogP contribution in [0.3, 0.4) is 0 Å². The van der Waals surface area contributed by atoms with Crippen molar-refractivity contribution in [3.8, 4) is 0 Å². The van der Waals surface area contributed by atoms with E-state index in [0.717, 1.165) is 56.8 Å². The van der Waals surface area contributed by atoms with Crippen LogP contribution < -0.4 is 15.5 Å². The zero-order valence-electron chi connectivity index (χ0n) is 19.8. The number of piperazine rings is 1. The summed E-state index contributed by atoms with van der Waals surface area (Å²) in [6, 6.07) is 9.21. The molecule has 7 heteroatoms. The molecule has 32 heavy (non-hydrogen) atoms. The van der Waals surface area contributed by atoms with Crippen molar-refractivity contribution >= 4 is 22.4 Å². The summed E-state index contributed by atoms with van der Waals surface area (Å²) in [5, 5.41) is 5.54. The predicted octanol–water partition coefficient (Wildman–Crippen LogP) is 2.95. The van der Waals surface area contributed by atoms with Gasteiger partial charge < -0.3 is 15.5 Å². The number of aromatic nitrogens is 3. The molecule has 0 spiro atoms. The van der Waals surface area contributed by atoms with Crippen LogP contribution in [0.4, 0.5) is 11.4 Å². The SMILES string of the molecule is C[C@H]1CN(c2ccnc3c2cnn3C)Cc2ccc(N3CCN(CC(C)(C)N)CC3)cc21. The van der Waals surface area contributed by atoms with Crippen molar-refractivity contribution in [1.29, 1.82) is 0 Å². The van der Waals surface area contributed by atoms with Crippen LogP contribution in [0.25, 0.3) is 11.0 Å². The lowest BCUT2D eigenvalue weighted by molar-refractivity contribution is 0.214. The van der Waals surface area contributed by atoms with Crippen LogP contribution in [0.2, 0.25) is 0 Å². The van der Waals surface area contributed by atoms with Crippen LogP contribution in [0.1, 0.15) is 37.8 Å². The first kappa shape index (κ1) is 21.2. The van der Waals surface area contributed by atoms with Gasteiger partial charge in [-0.25, -0.2) is 4.98 Å². The van der Waals surface area contributed by atoms with E-state index >= 15 is 0 Å². The standard InChI is InChI=1S/C25H35N7/c1-18-15-32(23-7-8-27-24-22(23)14-28-29(24)4)16-19-5-6-20(13-21(18)19)31-11-9-30(10-12-31)17-25(2,3)26/h5-8,13-14,18H,9-12,15-17,26H2,1-4H3/t18-/m0/s1. The fourth-order valence-electron chi connectivity index (χ4n) is 5.31. The molecule has 0 radical (unpaired) electrons. The summed E-state index contributed by atoms with van der Waals surface area (Å²) in [5.74, 6) is 0.470. The Balaban J connectivity index is 1.33. The van der Waals surface area contributed by atoms with Crippen molar-refractivity contribution in [3.05, 3.63) is 47.8 Å². The Hall–Kier alpha value is -2.64. The van der Waals surface area contributed by atoms with Gasteiger partial charge in [0.2, 0.25) is 0 Å². The number of fused-ring (bicyclic) bond motifs is 2. The minimum absolute atomic E-state index is 0.133. The number of hydrogen-bond donors (Lipinski definition) is 1. The van der Waals surface area contributed by atoms with Crippen molar-refractivity contribution in [3.63, 3.8) is 0 Å². The normalized spacial score (nSPS) is 20.1. The van der Waals surface area contributed by atoms with Crippen molar-refractivity contribution in [2.45, 2.75) is 38.8 Å². The molecule has 2 aliphatic heterocycles. The van der Waals surface area contributed by atoms with E-state index < -0.39 is 0 Å². The summed E-state index contributed by atoms with van der Waals surface area (Å²) in [6.07, 6.45) is 3.83. The molecule has 7 nitrogen and oxygen atoms in total. The largest absolute Gasteiger partial charge is 0.369 e. The quantitative estimate of drug-likeness (QED) is 0.682. The molecule has 5 rings (SSSR count). The van der Waals surface area contributed by atoms with E-state index in [1.807, 2.05) is 24.1 Å². The van der Waals surface area contributed by atoms with Gasteiger partial charge in [0.25, 0.3) is 0 Å². The second-order valence-corrected chi connectivity index (χ2v) is 10.3. The predicted molar refractivity (Wildman–Crippen MR) is 131 cm³/mol. The molecule has 0 amide bonds.